The molecule has 0 amide bonds. The number of hydrogen-bond acceptors (Lipinski definition) is 2. The summed E-state index contributed by atoms with van der Waals surface area (Å²) in [6.45, 7) is 0. The third-order valence-electron chi connectivity index (χ3n) is 7.13. The predicted molar refractivity (Wildman–Crippen MR) is 174 cm³/mol. The molecule has 0 spiro atoms. The van der Waals surface area contributed by atoms with Crippen LogP contribution in [0.5, 0.6) is 0 Å². The van der Waals surface area contributed by atoms with Gasteiger partial charge in [-0.2, -0.15) is 0 Å². The number of hydrogen-bond donors (Lipinski definition) is 0. The van der Waals surface area contributed by atoms with Gasteiger partial charge in [-0.1, -0.05) is 12.1 Å². The molecule has 5 heteroatoms. The van der Waals surface area contributed by atoms with Gasteiger partial charge in [0, 0.05) is 26.3 Å². The van der Waals surface area contributed by atoms with Crippen LogP contribution in [0.1, 0.15) is 0 Å². The number of benzene rings is 4. The van der Waals surface area contributed by atoms with E-state index >= 15 is 0 Å². The van der Waals surface area contributed by atoms with Crippen LogP contribution >= 0.6 is 0 Å². The number of pyridine rings is 2. The molecular weight excluding hydrogens is 751 g/mol. The van der Waals surface area contributed by atoms with Crippen molar-refractivity contribution < 1.29 is 20.1 Å². The van der Waals surface area contributed by atoms with Gasteiger partial charge in [0.1, 0.15) is 0 Å². The van der Waals surface area contributed by atoms with E-state index < -0.39 is 13.3 Å². The average Bonchev–Trinajstić information content (AvgIpc) is 3.37. The summed E-state index contributed by atoms with van der Waals surface area (Å²) >= 11 is -2.13. The Bertz CT molecular complexity index is 1860. The first kappa shape index (κ1) is 29.7. The van der Waals surface area contributed by atoms with Crippen LogP contribution in [0.25, 0.3) is 50.0 Å². The first-order valence-corrected chi connectivity index (χ1v) is 21.2. The van der Waals surface area contributed by atoms with Gasteiger partial charge < -0.3 is 4.98 Å². The van der Waals surface area contributed by atoms with Crippen molar-refractivity contribution in [3.8, 4) is 28.2 Å². The quantitative estimate of drug-likeness (QED) is 0.132. The first-order valence-electron chi connectivity index (χ1n) is 13.9. The van der Waals surface area contributed by atoms with E-state index in [1.54, 1.807) is 6.20 Å². The van der Waals surface area contributed by atoms with Gasteiger partial charge in [-0.3, -0.25) is 0 Å². The Hall–Kier alpha value is -3.83. The second kappa shape index (κ2) is 13.0. The van der Waals surface area contributed by atoms with E-state index in [1.807, 2.05) is 60.8 Å². The van der Waals surface area contributed by atoms with Crippen molar-refractivity contribution in [2.45, 2.75) is 17.3 Å². The number of aromatic nitrogens is 3. The molecule has 7 rings (SSSR count). The summed E-state index contributed by atoms with van der Waals surface area (Å²) < 4.78 is 3.95. The van der Waals surface area contributed by atoms with Crippen LogP contribution in [-0.4, -0.2) is 27.8 Å². The fourth-order valence-electron chi connectivity index (χ4n) is 5.26. The molecule has 0 aliphatic heterocycles. The molecule has 3 aromatic heterocycles. The van der Waals surface area contributed by atoms with Crippen molar-refractivity contribution in [1.82, 2.24) is 14.5 Å². The van der Waals surface area contributed by atoms with Crippen molar-refractivity contribution in [3.05, 3.63) is 146 Å². The fraction of sp³-hybridized carbons (Fsp3) is 0.0811. The number of nitrogens with zero attached hydrogens (tertiary/aromatic N) is 3. The first-order chi connectivity index (χ1) is 20.0. The minimum absolute atomic E-state index is 0. The molecule has 4 aromatic carbocycles. The standard InChI is InChI=1S/C26H23GeN2.C11H8N.Ir/c1-27(2,3)23-16-10-15-21-22-17-18-28-24(19-11-6-4-7-12-19)26(22)29(25(21)23)20-13-8-5-9-14-20;1-2-6-10(7-3-1)11-8-4-5-9-12-11;/h4-11,13-18H,1-3H3;1-6,8-9H;/q2*-1;. The Morgan fingerprint density at radius 3 is 1.88 bits per heavy atom. The molecule has 7 aromatic rings. The molecule has 209 valence electrons. The van der Waals surface area contributed by atoms with Gasteiger partial charge in [0.15, 0.2) is 0 Å². The summed E-state index contributed by atoms with van der Waals surface area (Å²) in [5.74, 6) is 7.39. The van der Waals surface area contributed by atoms with E-state index in [0.29, 0.717) is 0 Å². The van der Waals surface area contributed by atoms with E-state index in [2.05, 4.69) is 106 Å². The van der Waals surface area contributed by atoms with Crippen LogP contribution in [-0.2, 0) is 20.1 Å². The zero-order valence-corrected chi connectivity index (χ0v) is 28.4. The SMILES string of the molecule is [CH3][Ge]([CH3])([CH3])[c]1cccc2c3ccnc(-c4[c-]cccc4)c3n(-c3ccccc3)c12.[Ir].[c-]1ccccc1-c1ccccn1. The second-order valence-corrected chi connectivity index (χ2v) is 21.5. The van der Waals surface area contributed by atoms with Crippen LogP contribution in [0.3, 0.4) is 0 Å². The average molecular weight is 783 g/mol. The number of rotatable bonds is 4. The van der Waals surface area contributed by atoms with Crippen molar-refractivity contribution in [2.24, 2.45) is 0 Å². The molecule has 3 heterocycles. The van der Waals surface area contributed by atoms with E-state index in [9.17, 15) is 0 Å². The van der Waals surface area contributed by atoms with E-state index in [1.165, 1.54) is 26.4 Å². The van der Waals surface area contributed by atoms with Crippen molar-refractivity contribution in [1.29, 1.82) is 0 Å². The van der Waals surface area contributed by atoms with Crippen LogP contribution in [0, 0.1) is 12.1 Å². The summed E-state index contributed by atoms with van der Waals surface area (Å²) in [6.07, 6.45) is 3.72. The van der Waals surface area contributed by atoms with Gasteiger partial charge in [-0.25, -0.2) is 0 Å². The third kappa shape index (κ3) is 6.03. The molecular formula is C37H31GeIrN3-2. The summed E-state index contributed by atoms with van der Waals surface area (Å²) in [5.41, 5.74) is 7.70. The van der Waals surface area contributed by atoms with Gasteiger partial charge >= 0.3 is 174 Å². The Labute approximate surface area is 264 Å². The minimum atomic E-state index is -2.13. The minimum Gasteiger partial charge on any atom is -0.305 e. The van der Waals surface area contributed by atoms with Crippen LogP contribution < -0.4 is 4.40 Å². The van der Waals surface area contributed by atoms with E-state index in [0.717, 1.165) is 28.0 Å². The molecule has 0 saturated carbocycles. The molecule has 0 N–H and O–H groups in total. The Kier molecular flexibility index (Phi) is 9.18. The zero-order valence-electron chi connectivity index (χ0n) is 23.9. The Morgan fingerprint density at radius 1 is 0.571 bits per heavy atom. The van der Waals surface area contributed by atoms with E-state index in [4.69, 9.17) is 4.98 Å². The second-order valence-electron chi connectivity index (χ2n) is 10.9. The van der Waals surface area contributed by atoms with Gasteiger partial charge in [0.25, 0.3) is 0 Å². The molecule has 0 aliphatic rings. The summed E-state index contributed by atoms with van der Waals surface area (Å²) in [7, 11) is 0. The topological polar surface area (TPSA) is 30.7 Å². The molecule has 0 atom stereocenters. The van der Waals surface area contributed by atoms with Crippen LogP contribution in [0.2, 0.25) is 17.3 Å². The number of para-hydroxylation sites is 2. The molecule has 0 aliphatic carbocycles. The Morgan fingerprint density at radius 2 is 1.24 bits per heavy atom. The predicted octanol–water partition coefficient (Wildman–Crippen LogP) is 8.74. The number of fused-ring (bicyclic) bond motifs is 3. The van der Waals surface area contributed by atoms with Gasteiger partial charge in [0.05, 0.1) is 0 Å². The molecule has 0 bridgehead atoms. The van der Waals surface area contributed by atoms with Gasteiger partial charge in [-0.15, -0.1) is 35.9 Å². The molecule has 0 saturated heterocycles. The van der Waals surface area contributed by atoms with Crippen molar-refractivity contribution in [2.75, 3.05) is 0 Å². The maximum atomic E-state index is 4.81. The summed E-state index contributed by atoms with van der Waals surface area (Å²) in [5, 5.41) is 2.56. The maximum Gasteiger partial charge on any atom is 0.0160 e. The molecule has 0 fully saturated rings. The van der Waals surface area contributed by atoms with Gasteiger partial charge in [-0.05, 0) is 11.8 Å². The van der Waals surface area contributed by atoms with Crippen LogP contribution in [0.4, 0.5) is 0 Å². The molecule has 3 nitrogen and oxygen atoms in total. The monoisotopic (exact) mass is 784 g/mol. The smallest absolute Gasteiger partial charge is 0.0160 e. The third-order valence-corrected chi connectivity index (χ3v) is 11.4. The Balaban J connectivity index is 0.000000228. The summed E-state index contributed by atoms with van der Waals surface area (Å²) in [4.78, 5) is 9.03. The molecule has 0 unspecified atom stereocenters. The van der Waals surface area contributed by atoms with Crippen LogP contribution in [0.15, 0.2) is 134 Å². The van der Waals surface area contributed by atoms with E-state index in [-0.39, 0.29) is 20.1 Å². The molecule has 42 heavy (non-hydrogen) atoms. The summed E-state index contributed by atoms with van der Waals surface area (Å²) in [6, 6.07) is 48.0. The van der Waals surface area contributed by atoms with Gasteiger partial charge in [0.2, 0.25) is 0 Å². The fourth-order valence-corrected chi connectivity index (χ4v) is 8.52. The zero-order chi connectivity index (χ0) is 28.2. The normalized spacial score (nSPS) is 11.0. The molecule has 1 radical (unpaired) electrons. The largest absolute Gasteiger partial charge is 0.305 e. The van der Waals surface area contributed by atoms with Crippen molar-refractivity contribution >= 4 is 39.5 Å². The van der Waals surface area contributed by atoms with Crippen molar-refractivity contribution in [3.63, 3.8) is 0 Å². The maximum absolute atomic E-state index is 4.81.